The minimum absolute atomic E-state index is 0.0128. The van der Waals surface area contributed by atoms with Crippen LogP contribution in [0.5, 0.6) is 0 Å². The standard InChI is InChI=1S/C35H46O12/c1-17-26(43-15-22-12-10-9-11-13-22)25-30(46-20(4)38)34(16-44-18(2)36)14-23-24(28(41)32(6,7)27(23)40)33(34,8)31(47-21(5)39)35(25,42)29(17)45-19(3)37/h9-13,17,23-26,28-31,41-42H,14-16H2,1-8H3/t17-,23-,24+,25-,26+,28-,29-,30-,31-,33-,34-,35+/m1/s1. The molecule has 0 radical (unpaired) electrons. The maximum Gasteiger partial charge on any atom is 0.303 e. The van der Waals surface area contributed by atoms with Crippen LogP contribution in [-0.4, -0.2) is 82.6 Å². The van der Waals surface area contributed by atoms with Crippen LogP contribution in [0.3, 0.4) is 0 Å². The molecule has 4 fully saturated rings. The fourth-order valence-electron chi connectivity index (χ4n) is 9.84. The molecule has 0 saturated heterocycles. The fourth-order valence-corrected chi connectivity index (χ4v) is 9.84. The van der Waals surface area contributed by atoms with Crippen molar-refractivity contribution < 1.29 is 57.9 Å². The molecular weight excluding hydrogens is 612 g/mol. The average molecular weight is 659 g/mol. The molecule has 47 heavy (non-hydrogen) atoms. The number of ketones is 1. The number of carbonyl (C=O) groups is 5. The van der Waals surface area contributed by atoms with Crippen molar-refractivity contribution in [3.63, 3.8) is 0 Å². The van der Waals surface area contributed by atoms with E-state index in [1.807, 2.05) is 30.3 Å². The van der Waals surface area contributed by atoms with E-state index >= 15 is 0 Å². The van der Waals surface area contributed by atoms with Crippen molar-refractivity contribution in [1.82, 2.24) is 0 Å². The first-order valence-electron chi connectivity index (χ1n) is 16.1. The molecule has 0 heterocycles. The summed E-state index contributed by atoms with van der Waals surface area (Å²) in [5.41, 5.74) is -5.69. The van der Waals surface area contributed by atoms with Crippen molar-refractivity contribution in [3.8, 4) is 0 Å². The maximum atomic E-state index is 14.0. The van der Waals surface area contributed by atoms with Gasteiger partial charge in [-0.3, -0.25) is 24.0 Å². The summed E-state index contributed by atoms with van der Waals surface area (Å²) < 4.78 is 30.3. The third kappa shape index (κ3) is 5.09. The van der Waals surface area contributed by atoms with E-state index in [0.717, 1.165) is 5.56 Å². The molecule has 2 N–H and O–H groups in total. The lowest BCUT2D eigenvalue weighted by atomic mass is 9.46. The van der Waals surface area contributed by atoms with Gasteiger partial charge >= 0.3 is 23.9 Å². The Labute approximate surface area is 274 Å². The molecule has 0 unspecified atom stereocenters. The van der Waals surface area contributed by atoms with Gasteiger partial charge in [0, 0.05) is 56.3 Å². The van der Waals surface area contributed by atoms with Crippen molar-refractivity contribution >= 4 is 29.7 Å². The van der Waals surface area contributed by atoms with Gasteiger partial charge in [0.05, 0.1) is 30.1 Å². The second kappa shape index (κ2) is 12.0. The molecular formula is C35H46O12. The first-order chi connectivity index (χ1) is 21.8. The van der Waals surface area contributed by atoms with Gasteiger partial charge in [-0.15, -0.1) is 0 Å². The van der Waals surface area contributed by atoms with Gasteiger partial charge in [0.25, 0.3) is 0 Å². The molecule has 4 aliphatic rings. The molecule has 0 aromatic heterocycles. The number of carbonyl (C=O) groups excluding carboxylic acids is 5. The molecule has 4 aliphatic carbocycles. The average Bonchev–Trinajstić information content (AvgIpc) is 3.44. The lowest BCUT2D eigenvalue weighted by molar-refractivity contribution is -0.314. The van der Waals surface area contributed by atoms with E-state index in [-0.39, 0.29) is 25.4 Å². The van der Waals surface area contributed by atoms with E-state index in [1.54, 1.807) is 27.7 Å². The largest absolute Gasteiger partial charge is 0.465 e. The highest BCUT2D eigenvalue weighted by Gasteiger charge is 2.86. The SMILES string of the molecule is CC(=O)OC[C@@]12C[C@H]3C(=O)C(C)(C)[C@H](O)[C@H]3[C@]1(C)[C@@H](OC(C)=O)[C@]1(O)[C@H]([C@@H](OCc3ccccc3)[C@@H](C)[C@H]1OC(C)=O)[C@H]2OC(C)=O. The topological polar surface area (TPSA) is 172 Å². The predicted octanol–water partition coefficient (Wildman–Crippen LogP) is 2.54. The van der Waals surface area contributed by atoms with E-state index in [0.29, 0.717) is 0 Å². The summed E-state index contributed by atoms with van der Waals surface area (Å²) >= 11 is 0. The van der Waals surface area contributed by atoms with Crippen LogP contribution in [0.2, 0.25) is 0 Å². The van der Waals surface area contributed by atoms with Gasteiger partial charge in [0.1, 0.15) is 36.3 Å². The summed E-state index contributed by atoms with van der Waals surface area (Å²) in [6.07, 6.45) is -6.43. The van der Waals surface area contributed by atoms with E-state index in [4.69, 9.17) is 23.7 Å². The Morgan fingerprint density at radius 3 is 1.98 bits per heavy atom. The number of rotatable bonds is 8. The molecule has 12 atom stereocenters. The van der Waals surface area contributed by atoms with E-state index in [2.05, 4.69) is 0 Å². The molecule has 12 heteroatoms. The van der Waals surface area contributed by atoms with Crippen molar-refractivity contribution in [2.45, 2.75) is 105 Å². The summed E-state index contributed by atoms with van der Waals surface area (Å²) in [5.74, 6) is -6.83. The number of benzene rings is 1. The lowest BCUT2D eigenvalue weighted by Crippen LogP contribution is -2.77. The number of aliphatic hydroxyl groups excluding tert-OH is 1. The lowest BCUT2D eigenvalue weighted by Gasteiger charge is -2.63. The summed E-state index contributed by atoms with van der Waals surface area (Å²) in [6.45, 7) is 11.1. The van der Waals surface area contributed by atoms with Gasteiger partial charge in [-0.2, -0.15) is 0 Å². The Hall–Kier alpha value is -3.35. The van der Waals surface area contributed by atoms with Crippen LogP contribution in [0, 0.1) is 39.9 Å². The van der Waals surface area contributed by atoms with Crippen LogP contribution in [-0.2, 0) is 54.3 Å². The summed E-state index contributed by atoms with van der Waals surface area (Å²) in [5, 5.41) is 25.2. The van der Waals surface area contributed by atoms with Crippen LogP contribution in [0.15, 0.2) is 30.3 Å². The number of aliphatic hydroxyl groups is 2. The molecule has 5 rings (SSSR count). The number of hydrogen-bond acceptors (Lipinski definition) is 12. The minimum atomic E-state index is -2.25. The quantitative estimate of drug-likeness (QED) is 0.309. The van der Waals surface area contributed by atoms with Crippen LogP contribution >= 0.6 is 0 Å². The first-order valence-corrected chi connectivity index (χ1v) is 16.1. The Bertz CT molecular complexity index is 1440. The molecule has 12 nitrogen and oxygen atoms in total. The van der Waals surface area contributed by atoms with Crippen LogP contribution in [0.1, 0.15) is 67.4 Å². The maximum absolute atomic E-state index is 14.0. The highest BCUT2D eigenvalue weighted by molar-refractivity contribution is 5.91. The minimum Gasteiger partial charge on any atom is -0.465 e. The third-order valence-electron chi connectivity index (χ3n) is 11.7. The van der Waals surface area contributed by atoms with Crippen molar-refractivity contribution in [3.05, 3.63) is 35.9 Å². The zero-order valence-electron chi connectivity index (χ0n) is 28.2. The molecule has 4 saturated carbocycles. The normalized spacial score (nSPS) is 41.3. The number of hydrogen-bond donors (Lipinski definition) is 2. The number of fused-ring (bicyclic) bond motifs is 4. The Balaban J connectivity index is 1.81. The van der Waals surface area contributed by atoms with Gasteiger partial charge in [-0.1, -0.05) is 58.0 Å². The Morgan fingerprint density at radius 1 is 0.851 bits per heavy atom. The molecule has 0 amide bonds. The molecule has 0 aliphatic heterocycles. The van der Waals surface area contributed by atoms with Crippen LogP contribution < -0.4 is 0 Å². The summed E-state index contributed by atoms with van der Waals surface area (Å²) in [7, 11) is 0. The zero-order valence-corrected chi connectivity index (χ0v) is 28.2. The van der Waals surface area contributed by atoms with Gasteiger partial charge in [0.15, 0.2) is 0 Å². The number of ether oxygens (including phenoxy) is 5. The monoisotopic (exact) mass is 658 g/mol. The van der Waals surface area contributed by atoms with E-state index < -0.39 is 99.9 Å². The summed E-state index contributed by atoms with van der Waals surface area (Å²) in [4.78, 5) is 65.1. The molecule has 0 spiro atoms. The van der Waals surface area contributed by atoms with E-state index in [9.17, 15) is 34.2 Å². The highest BCUT2D eigenvalue weighted by Crippen LogP contribution is 2.75. The van der Waals surface area contributed by atoms with Gasteiger partial charge in [-0.25, -0.2) is 0 Å². The van der Waals surface area contributed by atoms with Gasteiger partial charge in [0.2, 0.25) is 0 Å². The summed E-state index contributed by atoms with van der Waals surface area (Å²) in [6, 6.07) is 9.25. The van der Waals surface area contributed by atoms with Crippen LogP contribution in [0.4, 0.5) is 0 Å². The fraction of sp³-hybridized carbons (Fsp3) is 0.686. The second-order valence-electron chi connectivity index (χ2n) is 14.7. The van der Waals surface area contributed by atoms with Crippen LogP contribution in [0.25, 0.3) is 0 Å². The van der Waals surface area contributed by atoms with Gasteiger partial charge < -0.3 is 33.9 Å². The number of esters is 4. The van der Waals surface area contributed by atoms with E-state index in [1.165, 1.54) is 27.7 Å². The molecule has 0 bridgehead atoms. The zero-order chi connectivity index (χ0) is 34.9. The van der Waals surface area contributed by atoms with Crippen molar-refractivity contribution in [1.29, 1.82) is 0 Å². The smallest absolute Gasteiger partial charge is 0.303 e. The number of Topliss-reactive ketones (excluding diaryl/α,β-unsaturated/α-hetero) is 1. The molecule has 1 aromatic rings. The second-order valence-corrected chi connectivity index (χ2v) is 14.7. The Kier molecular flexibility index (Phi) is 8.90. The van der Waals surface area contributed by atoms with Crippen molar-refractivity contribution in [2.24, 2.45) is 39.9 Å². The van der Waals surface area contributed by atoms with Crippen molar-refractivity contribution in [2.75, 3.05) is 6.61 Å². The molecule has 1 aromatic carbocycles. The van der Waals surface area contributed by atoms with Gasteiger partial charge in [-0.05, 0) is 12.0 Å². The predicted molar refractivity (Wildman–Crippen MR) is 163 cm³/mol. The third-order valence-corrected chi connectivity index (χ3v) is 11.7. The first kappa shape index (κ1) is 35.0. The molecule has 258 valence electrons. The highest BCUT2D eigenvalue weighted by atomic mass is 16.6. The Morgan fingerprint density at radius 2 is 1.43 bits per heavy atom.